The quantitative estimate of drug-likeness (QED) is 0.510. The summed E-state index contributed by atoms with van der Waals surface area (Å²) in [5.74, 6) is -1.97. The fraction of sp³-hybridized carbons (Fsp3) is 0.435. The molecule has 0 aliphatic carbocycles. The zero-order valence-electron chi connectivity index (χ0n) is 19.1. The lowest BCUT2D eigenvalue weighted by molar-refractivity contribution is -0.142. The largest absolute Gasteiger partial charge is 0.459 e. The number of fused-ring (bicyclic) bond motifs is 1. The predicted octanol–water partition coefficient (Wildman–Crippen LogP) is 4.99. The maximum atomic E-state index is 13.8. The first-order chi connectivity index (χ1) is 15.1. The smallest absolute Gasteiger partial charge is 0.433 e. The number of alkyl halides is 3. The number of aromatic amines is 1. The summed E-state index contributed by atoms with van der Waals surface area (Å²) in [5, 5.41) is 5.87. The van der Waals surface area contributed by atoms with Crippen molar-refractivity contribution in [1.29, 1.82) is 0 Å². The van der Waals surface area contributed by atoms with Gasteiger partial charge in [-0.15, -0.1) is 0 Å². The molecule has 0 bridgehead atoms. The predicted molar refractivity (Wildman–Crippen MR) is 113 cm³/mol. The number of benzene rings is 1. The van der Waals surface area contributed by atoms with E-state index in [4.69, 9.17) is 4.74 Å². The molecule has 178 valence electrons. The number of hydrogen-bond acceptors (Lipinski definition) is 4. The summed E-state index contributed by atoms with van der Waals surface area (Å²) in [5.41, 5.74) is -2.53. The third-order valence-corrected chi connectivity index (χ3v) is 5.48. The Balaban J connectivity index is 2.26. The minimum absolute atomic E-state index is 0.0969. The van der Waals surface area contributed by atoms with Gasteiger partial charge in [-0.05, 0) is 51.5 Å². The highest BCUT2D eigenvalue weighted by Crippen LogP contribution is 2.44. The van der Waals surface area contributed by atoms with Crippen LogP contribution in [0, 0.1) is 12.7 Å². The number of rotatable bonds is 3. The molecule has 6 nitrogen and oxygen atoms in total. The molecule has 0 radical (unpaired) electrons. The Hall–Kier alpha value is -3.17. The fourth-order valence-electron chi connectivity index (χ4n) is 3.96. The van der Waals surface area contributed by atoms with Crippen molar-refractivity contribution >= 4 is 17.4 Å². The van der Waals surface area contributed by atoms with Crippen LogP contribution >= 0.6 is 0 Å². The maximum absolute atomic E-state index is 13.8. The lowest BCUT2D eigenvalue weighted by Crippen LogP contribution is -2.39. The first-order valence-electron chi connectivity index (χ1n) is 10.3. The molecule has 10 heteroatoms. The Bertz CT molecular complexity index is 1150. The van der Waals surface area contributed by atoms with E-state index in [1.54, 1.807) is 13.8 Å². The van der Waals surface area contributed by atoms with Crippen molar-refractivity contribution in [3.05, 3.63) is 57.8 Å². The number of aryl methyl sites for hydroxylation is 1. The SMILES string of the molecule is CC1=C(C(=O)OC(C)C)c2n[nH]c(C(F)(F)F)c2C(C)(C)CN1C(=O)c1ccc(F)c(C)c1. The number of H-pyrrole nitrogens is 1. The van der Waals surface area contributed by atoms with Gasteiger partial charge in [-0.3, -0.25) is 9.89 Å². The van der Waals surface area contributed by atoms with Gasteiger partial charge in [0.05, 0.1) is 6.10 Å². The summed E-state index contributed by atoms with van der Waals surface area (Å²) >= 11 is 0. The molecule has 1 aromatic carbocycles. The molecule has 2 aromatic rings. The van der Waals surface area contributed by atoms with Gasteiger partial charge < -0.3 is 9.64 Å². The van der Waals surface area contributed by atoms with Gasteiger partial charge in [-0.2, -0.15) is 18.3 Å². The number of nitrogens with one attached hydrogen (secondary N) is 1. The lowest BCUT2D eigenvalue weighted by atomic mass is 9.81. The molecule has 0 saturated carbocycles. The third-order valence-electron chi connectivity index (χ3n) is 5.48. The standard InChI is InChI=1S/C23H25F4N3O3/c1-11(2)33-21(32)16-13(4)30(20(31)14-7-8-15(24)12(3)9-14)10-22(5,6)17-18(16)28-29-19(17)23(25,26)27/h7-9,11H,10H2,1-6H3,(H,28,29). The second kappa shape index (κ2) is 8.31. The van der Waals surface area contributed by atoms with Crippen LogP contribution in [0.15, 0.2) is 23.9 Å². The lowest BCUT2D eigenvalue weighted by Gasteiger charge is -2.32. The van der Waals surface area contributed by atoms with E-state index in [2.05, 4.69) is 5.10 Å². The molecule has 1 aliphatic rings. The van der Waals surface area contributed by atoms with Crippen LogP contribution < -0.4 is 0 Å². The number of carbonyl (C=O) groups is 2. The van der Waals surface area contributed by atoms with Crippen molar-refractivity contribution in [2.45, 2.75) is 59.2 Å². The average molecular weight is 467 g/mol. The number of esters is 1. The Morgan fingerprint density at radius 1 is 1.21 bits per heavy atom. The van der Waals surface area contributed by atoms with E-state index in [1.165, 1.54) is 44.7 Å². The molecular weight excluding hydrogens is 442 g/mol. The van der Waals surface area contributed by atoms with Gasteiger partial charge in [0.1, 0.15) is 22.8 Å². The molecule has 1 N–H and O–H groups in total. The third kappa shape index (κ3) is 4.51. The van der Waals surface area contributed by atoms with Gasteiger partial charge in [0.25, 0.3) is 5.91 Å². The monoisotopic (exact) mass is 467 g/mol. The molecule has 0 spiro atoms. The minimum atomic E-state index is -4.76. The van der Waals surface area contributed by atoms with Crippen LogP contribution in [-0.4, -0.2) is 39.6 Å². The van der Waals surface area contributed by atoms with Gasteiger partial charge >= 0.3 is 12.1 Å². The van der Waals surface area contributed by atoms with E-state index in [0.29, 0.717) is 0 Å². The summed E-state index contributed by atoms with van der Waals surface area (Å²) in [6, 6.07) is 3.79. The number of aromatic nitrogens is 2. The normalized spacial score (nSPS) is 16.0. The first-order valence-corrected chi connectivity index (χ1v) is 10.3. The van der Waals surface area contributed by atoms with Crippen LogP contribution in [0.1, 0.15) is 67.5 Å². The molecule has 33 heavy (non-hydrogen) atoms. The summed E-state index contributed by atoms with van der Waals surface area (Å²) in [6.07, 6.45) is -5.31. The topological polar surface area (TPSA) is 75.3 Å². The highest BCUT2D eigenvalue weighted by Gasteiger charge is 2.47. The molecule has 0 fully saturated rings. The minimum Gasteiger partial charge on any atom is -0.459 e. The van der Waals surface area contributed by atoms with Crippen molar-refractivity contribution in [2.75, 3.05) is 6.54 Å². The summed E-state index contributed by atoms with van der Waals surface area (Å²) in [4.78, 5) is 27.7. The summed E-state index contributed by atoms with van der Waals surface area (Å²) < 4.78 is 60.4. The van der Waals surface area contributed by atoms with Crippen LogP contribution in [0.2, 0.25) is 0 Å². The Labute approximate surface area is 188 Å². The number of ether oxygens (including phenoxy) is 1. The number of nitrogens with zero attached hydrogens (tertiary/aromatic N) is 2. The maximum Gasteiger partial charge on any atom is 0.433 e. The molecule has 0 saturated heterocycles. The molecular formula is C23H25F4N3O3. The van der Waals surface area contributed by atoms with E-state index < -0.39 is 41.1 Å². The van der Waals surface area contributed by atoms with E-state index in [1.807, 2.05) is 5.10 Å². The van der Waals surface area contributed by atoms with Gasteiger partial charge in [0.15, 0.2) is 0 Å². The second-order valence-corrected chi connectivity index (χ2v) is 8.97. The van der Waals surface area contributed by atoms with Crippen molar-refractivity contribution in [3.8, 4) is 0 Å². The molecule has 3 rings (SSSR count). The van der Waals surface area contributed by atoms with Gasteiger partial charge in [0, 0.05) is 28.8 Å². The number of hydrogen-bond donors (Lipinski definition) is 1. The van der Waals surface area contributed by atoms with Crippen LogP contribution in [0.3, 0.4) is 0 Å². The van der Waals surface area contributed by atoms with Gasteiger partial charge in [0.2, 0.25) is 0 Å². The zero-order chi connectivity index (χ0) is 24.9. The van der Waals surface area contributed by atoms with E-state index in [0.717, 1.165) is 6.07 Å². The second-order valence-electron chi connectivity index (χ2n) is 8.97. The molecule has 0 atom stereocenters. The van der Waals surface area contributed by atoms with E-state index >= 15 is 0 Å². The molecule has 1 aliphatic heterocycles. The van der Waals surface area contributed by atoms with Crippen LogP contribution in [0.4, 0.5) is 17.6 Å². The number of carbonyl (C=O) groups excluding carboxylic acids is 2. The zero-order valence-corrected chi connectivity index (χ0v) is 19.1. The molecule has 1 amide bonds. The highest BCUT2D eigenvalue weighted by molar-refractivity contribution is 6.18. The van der Waals surface area contributed by atoms with Crippen molar-refractivity contribution in [2.24, 2.45) is 0 Å². The molecule has 2 heterocycles. The Morgan fingerprint density at radius 2 is 1.85 bits per heavy atom. The van der Waals surface area contributed by atoms with Crippen LogP contribution in [0.25, 0.3) is 5.57 Å². The number of halogens is 4. The van der Waals surface area contributed by atoms with Crippen LogP contribution in [0.5, 0.6) is 0 Å². The van der Waals surface area contributed by atoms with E-state index in [-0.39, 0.29) is 40.2 Å². The van der Waals surface area contributed by atoms with Crippen molar-refractivity contribution in [3.63, 3.8) is 0 Å². The van der Waals surface area contributed by atoms with Crippen molar-refractivity contribution in [1.82, 2.24) is 15.1 Å². The Morgan fingerprint density at radius 3 is 2.39 bits per heavy atom. The number of allylic oxidation sites excluding steroid dienone is 1. The summed E-state index contributed by atoms with van der Waals surface area (Å²) in [6.45, 7) is 9.06. The molecule has 1 aromatic heterocycles. The van der Waals surface area contributed by atoms with Gasteiger partial charge in [-0.25, -0.2) is 9.18 Å². The van der Waals surface area contributed by atoms with Gasteiger partial charge in [-0.1, -0.05) is 13.8 Å². The van der Waals surface area contributed by atoms with Crippen LogP contribution in [-0.2, 0) is 21.1 Å². The fourth-order valence-corrected chi connectivity index (χ4v) is 3.96. The summed E-state index contributed by atoms with van der Waals surface area (Å²) in [7, 11) is 0. The molecule has 0 unspecified atom stereocenters. The number of amides is 1. The average Bonchev–Trinajstić information content (AvgIpc) is 3.10. The van der Waals surface area contributed by atoms with E-state index in [9.17, 15) is 27.2 Å². The first kappa shape index (κ1) is 24.5. The van der Waals surface area contributed by atoms with Crippen molar-refractivity contribution < 1.29 is 31.9 Å². The Kier molecular flexibility index (Phi) is 6.16. The highest BCUT2D eigenvalue weighted by atomic mass is 19.4.